The van der Waals surface area contributed by atoms with Gasteiger partial charge in [-0.05, 0) is 18.7 Å². The fourth-order valence-corrected chi connectivity index (χ4v) is 2.88. The highest BCUT2D eigenvalue weighted by molar-refractivity contribution is 5.49. The Bertz CT molecular complexity index is 586. The van der Waals surface area contributed by atoms with Gasteiger partial charge in [-0.3, -0.25) is 0 Å². The number of hydrogen-bond acceptors (Lipinski definition) is 5. The number of likely N-dealkylation sites (N-methyl/N-ethyl adjacent to an activating group) is 1. The van der Waals surface area contributed by atoms with Crippen LogP contribution in [0.25, 0.3) is 0 Å². The maximum absolute atomic E-state index is 5.86. The summed E-state index contributed by atoms with van der Waals surface area (Å²) in [7, 11) is 2.16. The number of hydrogen-bond donors (Lipinski definition) is 1. The van der Waals surface area contributed by atoms with Gasteiger partial charge in [-0.2, -0.15) is 5.10 Å². The summed E-state index contributed by atoms with van der Waals surface area (Å²) in [5, 5.41) is 8.41. The summed E-state index contributed by atoms with van der Waals surface area (Å²) in [6.45, 7) is 3.41. The molecule has 0 amide bonds. The lowest BCUT2D eigenvalue weighted by atomic mass is 10.0. The molecule has 110 valence electrons. The topological polar surface area (TPSA) is 58.3 Å². The molecule has 5 nitrogen and oxygen atoms in total. The SMILES string of the molecule is CN1CCN(c2nnccc2CN)C(c2ccccc2)C1. The van der Waals surface area contributed by atoms with Gasteiger partial charge in [-0.25, -0.2) is 0 Å². The Hall–Kier alpha value is -1.98. The maximum atomic E-state index is 5.86. The molecule has 1 aromatic carbocycles. The zero-order valence-corrected chi connectivity index (χ0v) is 12.3. The van der Waals surface area contributed by atoms with Crippen molar-refractivity contribution < 1.29 is 0 Å². The van der Waals surface area contributed by atoms with Gasteiger partial charge < -0.3 is 15.5 Å². The molecule has 1 fully saturated rings. The minimum absolute atomic E-state index is 0.284. The second kappa shape index (κ2) is 6.20. The van der Waals surface area contributed by atoms with Crippen LogP contribution in [0.2, 0.25) is 0 Å². The van der Waals surface area contributed by atoms with Crippen molar-refractivity contribution in [2.45, 2.75) is 12.6 Å². The van der Waals surface area contributed by atoms with Gasteiger partial charge >= 0.3 is 0 Å². The van der Waals surface area contributed by atoms with E-state index in [-0.39, 0.29) is 6.04 Å². The number of piperazine rings is 1. The summed E-state index contributed by atoms with van der Waals surface area (Å²) in [5.41, 5.74) is 8.22. The van der Waals surface area contributed by atoms with Crippen LogP contribution in [0.1, 0.15) is 17.2 Å². The molecule has 5 heteroatoms. The standard InChI is InChI=1S/C16H21N5/c1-20-9-10-21(16-14(11-17)7-8-18-19-16)15(12-20)13-5-3-2-4-6-13/h2-8,15H,9-12,17H2,1H3. The second-order valence-electron chi connectivity index (χ2n) is 5.47. The van der Waals surface area contributed by atoms with Crippen molar-refractivity contribution in [2.75, 3.05) is 31.6 Å². The first-order valence-corrected chi connectivity index (χ1v) is 7.30. The highest BCUT2D eigenvalue weighted by atomic mass is 15.3. The van der Waals surface area contributed by atoms with Crippen molar-refractivity contribution in [3.63, 3.8) is 0 Å². The van der Waals surface area contributed by atoms with Crippen LogP contribution in [0.4, 0.5) is 5.82 Å². The highest BCUT2D eigenvalue weighted by Gasteiger charge is 2.28. The summed E-state index contributed by atoms with van der Waals surface area (Å²) in [4.78, 5) is 4.69. The van der Waals surface area contributed by atoms with E-state index in [0.29, 0.717) is 6.54 Å². The molecule has 0 spiro atoms. The predicted molar refractivity (Wildman–Crippen MR) is 83.9 cm³/mol. The van der Waals surface area contributed by atoms with Gasteiger partial charge in [0, 0.05) is 31.7 Å². The first kappa shape index (κ1) is 14.0. The highest BCUT2D eigenvalue weighted by Crippen LogP contribution is 2.30. The lowest BCUT2D eigenvalue weighted by molar-refractivity contribution is 0.267. The second-order valence-corrected chi connectivity index (χ2v) is 5.47. The van der Waals surface area contributed by atoms with Gasteiger partial charge in [0.1, 0.15) is 0 Å². The number of aromatic nitrogens is 2. The van der Waals surface area contributed by atoms with E-state index in [2.05, 4.69) is 51.3 Å². The minimum atomic E-state index is 0.284. The smallest absolute Gasteiger partial charge is 0.156 e. The number of benzene rings is 1. The Morgan fingerprint density at radius 3 is 2.76 bits per heavy atom. The zero-order chi connectivity index (χ0) is 14.7. The van der Waals surface area contributed by atoms with Crippen LogP contribution >= 0.6 is 0 Å². The Kier molecular flexibility index (Phi) is 4.13. The third-order valence-electron chi connectivity index (χ3n) is 4.04. The molecule has 0 bridgehead atoms. The molecular formula is C16H21N5. The largest absolute Gasteiger partial charge is 0.345 e. The quantitative estimate of drug-likeness (QED) is 0.923. The summed E-state index contributed by atoms with van der Waals surface area (Å²) in [6.07, 6.45) is 1.71. The molecule has 1 aliphatic rings. The first-order valence-electron chi connectivity index (χ1n) is 7.30. The van der Waals surface area contributed by atoms with Gasteiger partial charge in [-0.1, -0.05) is 30.3 Å². The molecule has 0 saturated carbocycles. The average molecular weight is 283 g/mol. The van der Waals surface area contributed by atoms with E-state index in [1.807, 2.05) is 12.1 Å². The van der Waals surface area contributed by atoms with Crippen LogP contribution < -0.4 is 10.6 Å². The van der Waals surface area contributed by atoms with Crippen molar-refractivity contribution in [3.8, 4) is 0 Å². The van der Waals surface area contributed by atoms with E-state index in [1.54, 1.807) is 6.20 Å². The molecule has 3 rings (SSSR count). The fourth-order valence-electron chi connectivity index (χ4n) is 2.88. The van der Waals surface area contributed by atoms with Crippen LogP contribution in [0.5, 0.6) is 0 Å². The van der Waals surface area contributed by atoms with Crippen molar-refractivity contribution in [1.29, 1.82) is 0 Å². The van der Waals surface area contributed by atoms with Crippen LogP contribution in [-0.4, -0.2) is 41.8 Å². The normalized spacial score (nSPS) is 19.7. The first-order chi connectivity index (χ1) is 10.3. The lowest BCUT2D eigenvalue weighted by Crippen LogP contribution is -2.47. The molecule has 2 aromatic rings. The van der Waals surface area contributed by atoms with Crippen LogP contribution in [0.15, 0.2) is 42.6 Å². The lowest BCUT2D eigenvalue weighted by Gasteiger charge is -2.41. The summed E-state index contributed by atoms with van der Waals surface area (Å²) >= 11 is 0. The van der Waals surface area contributed by atoms with E-state index in [4.69, 9.17) is 5.73 Å². The number of rotatable bonds is 3. The molecule has 0 aliphatic carbocycles. The molecule has 1 unspecified atom stereocenters. The van der Waals surface area contributed by atoms with Crippen molar-refractivity contribution in [1.82, 2.24) is 15.1 Å². The Balaban J connectivity index is 1.98. The molecule has 21 heavy (non-hydrogen) atoms. The summed E-state index contributed by atoms with van der Waals surface area (Å²) < 4.78 is 0. The van der Waals surface area contributed by atoms with Gasteiger partial charge in [0.25, 0.3) is 0 Å². The van der Waals surface area contributed by atoms with E-state index in [0.717, 1.165) is 31.0 Å². The summed E-state index contributed by atoms with van der Waals surface area (Å²) in [5.74, 6) is 0.918. The molecule has 1 aromatic heterocycles. The van der Waals surface area contributed by atoms with E-state index < -0.39 is 0 Å². The minimum Gasteiger partial charge on any atom is -0.345 e. The summed E-state index contributed by atoms with van der Waals surface area (Å²) in [6, 6.07) is 12.8. The van der Waals surface area contributed by atoms with Gasteiger partial charge in [0.15, 0.2) is 5.82 Å². The van der Waals surface area contributed by atoms with Gasteiger partial charge in [0.05, 0.1) is 12.2 Å². The van der Waals surface area contributed by atoms with Crippen molar-refractivity contribution in [3.05, 3.63) is 53.7 Å². The fraction of sp³-hybridized carbons (Fsp3) is 0.375. The molecule has 1 saturated heterocycles. The monoisotopic (exact) mass is 283 g/mol. The third-order valence-corrected chi connectivity index (χ3v) is 4.04. The zero-order valence-electron chi connectivity index (χ0n) is 12.3. The Labute approximate surface area is 125 Å². The van der Waals surface area contributed by atoms with Crippen molar-refractivity contribution >= 4 is 5.82 Å². The Morgan fingerprint density at radius 1 is 1.19 bits per heavy atom. The average Bonchev–Trinajstić information content (AvgIpc) is 2.55. The van der Waals surface area contributed by atoms with Crippen LogP contribution in [-0.2, 0) is 6.54 Å². The third kappa shape index (κ3) is 2.89. The van der Waals surface area contributed by atoms with Crippen LogP contribution in [0.3, 0.4) is 0 Å². The molecule has 2 N–H and O–H groups in total. The van der Waals surface area contributed by atoms with Crippen LogP contribution in [0, 0.1) is 0 Å². The molecule has 1 atom stereocenters. The van der Waals surface area contributed by atoms with Gasteiger partial charge in [0.2, 0.25) is 0 Å². The number of nitrogens with zero attached hydrogens (tertiary/aromatic N) is 4. The van der Waals surface area contributed by atoms with E-state index in [1.165, 1.54) is 5.56 Å². The van der Waals surface area contributed by atoms with Gasteiger partial charge in [-0.15, -0.1) is 5.10 Å². The van der Waals surface area contributed by atoms with E-state index >= 15 is 0 Å². The molecule has 2 heterocycles. The maximum Gasteiger partial charge on any atom is 0.156 e. The Morgan fingerprint density at radius 2 is 2.00 bits per heavy atom. The van der Waals surface area contributed by atoms with Crippen molar-refractivity contribution in [2.24, 2.45) is 5.73 Å². The van der Waals surface area contributed by atoms with E-state index in [9.17, 15) is 0 Å². The molecule has 0 radical (unpaired) electrons. The predicted octanol–water partition coefficient (Wildman–Crippen LogP) is 1.43. The number of anilines is 1. The molecular weight excluding hydrogens is 262 g/mol. The molecule has 1 aliphatic heterocycles. The number of nitrogens with two attached hydrogens (primary N) is 1.